The molecule has 2 unspecified atom stereocenters. The highest BCUT2D eigenvalue weighted by Crippen LogP contribution is 2.22. The van der Waals surface area contributed by atoms with Crippen molar-refractivity contribution in [3.63, 3.8) is 0 Å². The van der Waals surface area contributed by atoms with E-state index in [9.17, 15) is 4.79 Å². The van der Waals surface area contributed by atoms with Gasteiger partial charge in [-0.2, -0.15) is 0 Å². The second-order valence-electron chi connectivity index (χ2n) is 6.42. The molecule has 0 bridgehead atoms. The first-order valence-electron chi connectivity index (χ1n) is 8.12. The third-order valence-corrected chi connectivity index (χ3v) is 3.90. The predicted octanol–water partition coefficient (Wildman–Crippen LogP) is 1.87. The van der Waals surface area contributed by atoms with Crippen molar-refractivity contribution in [2.75, 3.05) is 33.5 Å². The molecule has 1 aliphatic heterocycles. The monoisotopic (exact) mass is 300 g/mol. The number of ether oxygens (including phenoxy) is 2. The molecule has 0 saturated carbocycles. The maximum atomic E-state index is 12.5. The summed E-state index contributed by atoms with van der Waals surface area (Å²) in [6.45, 7) is 11.3. The van der Waals surface area contributed by atoms with Crippen LogP contribution in [-0.2, 0) is 14.3 Å². The molecule has 1 heterocycles. The molecule has 1 fully saturated rings. The van der Waals surface area contributed by atoms with Crippen molar-refractivity contribution in [1.82, 2.24) is 10.2 Å². The van der Waals surface area contributed by atoms with Crippen LogP contribution in [-0.4, -0.2) is 56.5 Å². The number of nitrogens with zero attached hydrogens (tertiary/aromatic N) is 1. The van der Waals surface area contributed by atoms with Crippen molar-refractivity contribution < 1.29 is 14.3 Å². The molecular formula is C16H32N2O3. The number of methoxy groups -OCH3 is 1. The minimum atomic E-state index is -0.0321. The number of carbonyl (C=O) groups is 1. The van der Waals surface area contributed by atoms with Crippen molar-refractivity contribution in [1.29, 1.82) is 0 Å². The molecule has 1 rings (SSSR count). The van der Waals surface area contributed by atoms with Crippen LogP contribution in [0.4, 0.5) is 0 Å². The summed E-state index contributed by atoms with van der Waals surface area (Å²) in [6.07, 6.45) is 2.12. The molecule has 1 N–H and O–H groups in total. The normalized spacial score (nSPS) is 22.8. The molecule has 0 spiro atoms. The van der Waals surface area contributed by atoms with E-state index in [1.54, 1.807) is 7.11 Å². The SMILES string of the molecule is COCCOCCCCN1C(=O)C(C(C)C)NC1C(C)C. The van der Waals surface area contributed by atoms with Crippen LogP contribution in [0.2, 0.25) is 0 Å². The summed E-state index contributed by atoms with van der Waals surface area (Å²) in [5.74, 6) is 1.01. The molecule has 21 heavy (non-hydrogen) atoms. The molecule has 1 saturated heterocycles. The first kappa shape index (κ1) is 18.4. The summed E-state index contributed by atoms with van der Waals surface area (Å²) in [5, 5.41) is 3.49. The van der Waals surface area contributed by atoms with Crippen LogP contribution in [0.15, 0.2) is 0 Å². The van der Waals surface area contributed by atoms with Gasteiger partial charge in [0.2, 0.25) is 5.91 Å². The van der Waals surface area contributed by atoms with Gasteiger partial charge in [0.25, 0.3) is 0 Å². The molecule has 0 radical (unpaired) electrons. The fraction of sp³-hybridized carbons (Fsp3) is 0.938. The molecule has 0 aromatic heterocycles. The molecule has 1 amide bonds. The third kappa shape index (κ3) is 5.57. The number of carbonyl (C=O) groups excluding carboxylic acids is 1. The van der Waals surface area contributed by atoms with Gasteiger partial charge in [-0.15, -0.1) is 0 Å². The topological polar surface area (TPSA) is 50.8 Å². The van der Waals surface area contributed by atoms with E-state index >= 15 is 0 Å². The van der Waals surface area contributed by atoms with Crippen LogP contribution >= 0.6 is 0 Å². The molecule has 124 valence electrons. The highest BCUT2D eigenvalue weighted by molar-refractivity contribution is 5.84. The minimum absolute atomic E-state index is 0.0321. The van der Waals surface area contributed by atoms with E-state index in [0.717, 1.165) is 26.0 Å². The second-order valence-corrected chi connectivity index (χ2v) is 6.42. The zero-order valence-electron chi connectivity index (χ0n) is 14.2. The molecule has 5 nitrogen and oxygen atoms in total. The number of hydrogen-bond acceptors (Lipinski definition) is 4. The molecule has 0 aliphatic carbocycles. The largest absolute Gasteiger partial charge is 0.382 e. The molecule has 0 aromatic carbocycles. The highest BCUT2D eigenvalue weighted by atomic mass is 16.5. The maximum Gasteiger partial charge on any atom is 0.241 e. The zero-order chi connectivity index (χ0) is 15.8. The Morgan fingerprint density at radius 3 is 2.38 bits per heavy atom. The summed E-state index contributed by atoms with van der Waals surface area (Å²) in [4.78, 5) is 14.5. The average molecular weight is 300 g/mol. The van der Waals surface area contributed by atoms with Gasteiger partial charge in [-0.3, -0.25) is 10.1 Å². The number of unbranched alkanes of at least 4 members (excludes halogenated alkanes) is 1. The third-order valence-electron chi connectivity index (χ3n) is 3.90. The van der Waals surface area contributed by atoms with Gasteiger partial charge in [0.05, 0.1) is 25.4 Å². The van der Waals surface area contributed by atoms with Crippen LogP contribution in [0.5, 0.6) is 0 Å². The van der Waals surface area contributed by atoms with Crippen LogP contribution in [0, 0.1) is 11.8 Å². The number of rotatable bonds is 10. The smallest absolute Gasteiger partial charge is 0.241 e. The summed E-state index contributed by atoms with van der Waals surface area (Å²) < 4.78 is 10.4. The maximum absolute atomic E-state index is 12.5. The van der Waals surface area contributed by atoms with E-state index in [2.05, 4.69) is 33.0 Å². The lowest BCUT2D eigenvalue weighted by molar-refractivity contribution is -0.131. The van der Waals surface area contributed by atoms with E-state index in [1.165, 1.54) is 0 Å². The Kier molecular flexibility index (Phi) is 8.22. The van der Waals surface area contributed by atoms with Gasteiger partial charge in [0, 0.05) is 20.3 Å². The van der Waals surface area contributed by atoms with E-state index in [1.807, 2.05) is 4.90 Å². The van der Waals surface area contributed by atoms with Gasteiger partial charge in [-0.1, -0.05) is 27.7 Å². The minimum Gasteiger partial charge on any atom is -0.382 e. The van der Waals surface area contributed by atoms with Crippen LogP contribution in [0.3, 0.4) is 0 Å². The average Bonchev–Trinajstić information content (AvgIpc) is 2.75. The molecule has 2 atom stereocenters. The number of nitrogens with one attached hydrogen (secondary N) is 1. The summed E-state index contributed by atoms with van der Waals surface area (Å²) in [7, 11) is 1.67. The predicted molar refractivity (Wildman–Crippen MR) is 84.0 cm³/mol. The van der Waals surface area contributed by atoms with E-state index in [4.69, 9.17) is 9.47 Å². The lowest BCUT2D eigenvalue weighted by Crippen LogP contribution is -2.42. The molecule has 0 aromatic rings. The van der Waals surface area contributed by atoms with Crippen LogP contribution < -0.4 is 5.32 Å². The van der Waals surface area contributed by atoms with E-state index in [-0.39, 0.29) is 18.1 Å². The van der Waals surface area contributed by atoms with Crippen molar-refractivity contribution in [3.8, 4) is 0 Å². The van der Waals surface area contributed by atoms with E-state index in [0.29, 0.717) is 25.0 Å². The van der Waals surface area contributed by atoms with Crippen molar-refractivity contribution in [2.24, 2.45) is 11.8 Å². The second kappa shape index (κ2) is 9.38. The van der Waals surface area contributed by atoms with Gasteiger partial charge >= 0.3 is 0 Å². The quantitative estimate of drug-likeness (QED) is 0.626. The van der Waals surface area contributed by atoms with Crippen LogP contribution in [0.25, 0.3) is 0 Å². The van der Waals surface area contributed by atoms with Gasteiger partial charge in [0.1, 0.15) is 0 Å². The lowest BCUT2D eigenvalue weighted by Gasteiger charge is -2.27. The lowest BCUT2D eigenvalue weighted by atomic mass is 10.0. The molecular weight excluding hydrogens is 268 g/mol. The standard InChI is InChI=1S/C16H32N2O3/c1-12(2)14-16(19)18(15(17-14)13(3)4)8-6-7-9-21-11-10-20-5/h12-15,17H,6-11H2,1-5H3. The first-order chi connectivity index (χ1) is 9.99. The number of hydrogen-bond donors (Lipinski definition) is 1. The Labute approximate surface area is 129 Å². The summed E-state index contributed by atoms with van der Waals surface area (Å²) in [5.41, 5.74) is 0. The summed E-state index contributed by atoms with van der Waals surface area (Å²) in [6, 6.07) is -0.0321. The zero-order valence-corrected chi connectivity index (χ0v) is 14.2. The Bertz CT molecular complexity index is 308. The fourth-order valence-corrected chi connectivity index (χ4v) is 2.67. The fourth-order valence-electron chi connectivity index (χ4n) is 2.67. The molecule has 5 heteroatoms. The van der Waals surface area contributed by atoms with E-state index < -0.39 is 0 Å². The first-order valence-corrected chi connectivity index (χ1v) is 8.12. The van der Waals surface area contributed by atoms with Gasteiger partial charge in [-0.05, 0) is 24.7 Å². The Morgan fingerprint density at radius 1 is 1.10 bits per heavy atom. The van der Waals surface area contributed by atoms with Crippen LogP contribution in [0.1, 0.15) is 40.5 Å². The van der Waals surface area contributed by atoms with Gasteiger partial charge in [-0.25, -0.2) is 0 Å². The van der Waals surface area contributed by atoms with Gasteiger partial charge in [0.15, 0.2) is 0 Å². The van der Waals surface area contributed by atoms with Crippen molar-refractivity contribution in [2.45, 2.75) is 52.7 Å². The van der Waals surface area contributed by atoms with Crippen molar-refractivity contribution in [3.05, 3.63) is 0 Å². The van der Waals surface area contributed by atoms with Crippen molar-refractivity contribution >= 4 is 5.91 Å². The Hall–Kier alpha value is -0.650. The number of amides is 1. The highest BCUT2D eigenvalue weighted by Gasteiger charge is 2.40. The Balaban J connectivity index is 2.35. The summed E-state index contributed by atoms with van der Waals surface area (Å²) >= 11 is 0. The van der Waals surface area contributed by atoms with Gasteiger partial charge < -0.3 is 14.4 Å². The molecule has 1 aliphatic rings. The Morgan fingerprint density at radius 2 is 1.81 bits per heavy atom.